The van der Waals surface area contributed by atoms with Gasteiger partial charge in [0.15, 0.2) is 0 Å². The molecule has 0 aliphatic heterocycles. The van der Waals surface area contributed by atoms with Crippen molar-refractivity contribution >= 4 is 16.8 Å². The predicted molar refractivity (Wildman–Crippen MR) is 98.4 cm³/mol. The van der Waals surface area contributed by atoms with Crippen molar-refractivity contribution < 1.29 is 9.90 Å². The zero-order chi connectivity index (χ0) is 19.0. The summed E-state index contributed by atoms with van der Waals surface area (Å²) in [6.45, 7) is 0. The molecule has 1 atom stereocenters. The first-order valence-corrected chi connectivity index (χ1v) is 8.67. The van der Waals surface area contributed by atoms with Crippen LogP contribution in [0.1, 0.15) is 34.8 Å². The van der Waals surface area contributed by atoms with Crippen molar-refractivity contribution in [2.75, 3.05) is 0 Å². The lowest BCUT2D eigenvalue weighted by Gasteiger charge is -2.38. The molecule has 1 aliphatic rings. The number of rotatable bonds is 4. The lowest BCUT2D eigenvalue weighted by Crippen LogP contribution is -2.43. The van der Waals surface area contributed by atoms with Crippen LogP contribution in [-0.2, 0) is 0 Å². The Kier molecular flexibility index (Phi) is 4.33. The van der Waals surface area contributed by atoms with Crippen LogP contribution in [0.2, 0.25) is 0 Å². The third-order valence-corrected chi connectivity index (χ3v) is 4.94. The molecule has 2 heterocycles. The molecule has 138 valence electrons. The Morgan fingerprint density at radius 3 is 2.78 bits per heavy atom. The van der Waals surface area contributed by atoms with Crippen molar-refractivity contribution in [1.29, 1.82) is 0 Å². The minimum absolute atomic E-state index is 0.0359. The quantitative estimate of drug-likeness (QED) is 0.544. The number of nitrogens with one attached hydrogen (secondary N) is 3. The molecule has 1 amide bonds. The largest absolute Gasteiger partial charge is 0.393 e. The molecule has 2 aromatic heterocycles. The van der Waals surface area contributed by atoms with Crippen LogP contribution in [0, 0.1) is 5.92 Å². The van der Waals surface area contributed by atoms with Crippen molar-refractivity contribution in [2.45, 2.75) is 25.0 Å². The van der Waals surface area contributed by atoms with Gasteiger partial charge in [-0.05, 0) is 36.5 Å². The van der Waals surface area contributed by atoms with Gasteiger partial charge in [0.25, 0.3) is 11.5 Å². The molecule has 0 saturated heterocycles. The van der Waals surface area contributed by atoms with Crippen LogP contribution in [0.25, 0.3) is 10.9 Å². The molecule has 1 saturated carbocycles. The summed E-state index contributed by atoms with van der Waals surface area (Å²) >= 11 is 0. The average molecular weight is 366 g/mol. The van der Waals surface area contributed by atoms with E-state index < -0.39 is 23.2 Å². The highest BCUT2D eigenvalue weighted by atomic mass is 16.3. The summed E-state index contributed by atoms with van der Waals surface area (Å²) < 4.78 is 0. The van der Waals surface area contributed by atoms with Gasteiger partial charge >= 0.3 is 5.69 Å². The van der Waals surface area contributed by atoms with Gasteiger partial charge in [-0.2, -0.15) is 0 Å². The molecule has 0 spiro atoms. The van der Waals surface area contributed by atoms with Gasteiger partial charge in [-0.15, -0.1) is 0 Å². The predicted octanol–water partition coefficient (Wildman–Crippen LogP) is 0.853. The number of para-hydroxylation sites is 1. The number of carbonyl (C=O) groups is 1. The van der Waals surface area contributed by atoms with E-state index in [-0.39, 0.29) is 17.6 Å². The van der Waals surface area contributed by atoms with Gasteiger partial charge in [0.1, 0.15) is 5.56 Å². The molecule has 1 aliphatic carbocycles. The Morgan fingerprint density at radius 2 is 2.04 bits per heavy atom. The zero-order valence-electron chi connectivity index (χ0n) is 14.3. The second-order valence-electron chi connectivity index (χ2n) is 6.78. The standard InChI is InChI=1S/C19H18N4O4/c24-13-6-11(7-13)16(12-5-10-3-1-2-4-15(10)20-8-12)22-17(25)14-9-21-19(27)23-18(14)26/h1-5,8-9,11,13,16,24H,6-7H2,(H,22,25)(H2,21,23,26,27). The Balaban J connectivity index is 1.67. The highest BCUT2D eigenvalue weighted by Gasteiger charge is 2.36. The smallest absolute Gasteiger partial charge is 0.325 e. The van der Waals surface area contributed by atoms with Crippen molar-refractivity contribution in [3.05, 3.63) is 74.7 Å². The molecule has 1 unspecified atom stereocenters. The van der Waals surface area contributed by atoms with Gasteiger partial charge in [0, 0.05) is 17.8 Å². The summed E-state index contributed by atoms with van der Waals surface area (Å²) in [6.07, 6.45) is 3.52. The lowest BCUT2D eigenvalue weighted by molar-refractivity contribution is 0.0235. The Labute approximate surface area is 153 Å². The molecule has 27 heavy (non-hydrogen) atoms. The van der Waals surface area contributed by atoms with E-state index in [1.54, 1.807) is 6.20 Å². The number of fused-ring (bicyclic) bond motifs is 1. The molecule has 8 heteroatoms. The molecular weight excluding hydrogens is 348 g/mol. The zero-order valence-corrected chi connectivity index (χ0v) is 14.3. The number of aromatic amines is 2. The molecule has 0 bridgehead atoms. The molecule has 8 nitrogen and oxygen atoms in total. The van der Waals surface area contributed by atoms with E-state index in [1.807, 2.05) is 35.3 Å². The number of aromatic nitrogens is 3. The van der Waals surface area contributed by atoms with E-state index >= 15 is 0 Å². The number of hydrogen-bond acceptors (Lipinski definition) is 5. The number of carbonyl (C=O) groups excluding carboxylic acids is 1. The second kappa shape index (κ2) is 6.81. The van der Waals surface area contributed by atoms with Gasteiger partial charge < -0.3 is 15.4 Å². The number of benzene rings is 1. The fourth-order valence-corrected chi connectivity index (χ4v) is 3.43. The maximum absolute atomic E-state index is 12.6. The summed E-state index contributed by atoms with van der Waals surface area (Å²) in [5.74, 6) is -0.555. The van der Waals surface area contributed by atoms with Crippen LogP contribution < -0.4 is 16.6 Å². The fraction of sp³-hybridized carbons (Fsp3) is 0.263. The maximum Gasteiger partial charge on any atom is 0.325 e. The van der Waals surface area contributed by atoms with Crippen LogP contribution in [0.3, 0.4) is 0 Å². The van der Waals surface area contributed by atoms with Crippen LogP contribution in [0.15, 0.2) is 52.3 Å². The van der Waals surface area contributed by atoms with E-state index in [1.165, 1.54) is 0 Å². The minimum atomic E-state index is -0.750. The average Bonchev–Trinajstić information content (AvgIpc) is 2.63. The monoisotopic (exact) mass is 366 g/mol. The Morgan fingerprint density at radius 1 is 1.26 bits per heavy atom. The van der Waals surface area contributed by atoms with Gasteiger partial charge in [0.2, 0.25) is 0 Å². The van der Waals surface area contributed by atoms with Crippen molar-refractivity contribution in [3.63, 3.8) is 0 Å². The second-order valence-corrected chi connectivity index (χ2v) is 6.78. The summed E-state index contributed by atoms with van der Waals surface area (Å²) in [5.41, 5.74) is 0.0549. The summed E-state index contributed by atoms with van der Waals surface area (Å²) in [6, 6.07) is 9.21. The van der Waals surface area contributed by atoms with E-state index in [0.29, 0.717) is 12.8 Å². The Bertz CT molecular complexity index is 1110. The van der Waals surface area contributed by atoms with Crippen molar-refractivity contribution in [3.8, 4) is 0 Å². The topological polar surface area (TPSA) is 128 Å². The van der Waals surface area contributed by atoms with Gasteiger partial charge in [-0.3, -0.25) is 19.6 Å². The van der Waals surface area contributed by atoms with Crippen LogP contribution >= 0.6 is 0 Å². The van der Waals surface area contributed by atoms with Crippen molar-refractivity contribution in [1.82, 2.24) is 20.3 Å². The molecular formula is C19H18N4O4. The number of aliphatic hydroxyl groups excluding tert-OH is 1. The van der Waals surface area contributed by atoms with Gasteiger partial charge in [0.05, 0.1) is 17.7 Å². The summed E-state index contributed by atoms with van der Waals surface area (Å²) in [4.78, 5) is 44.4. The number of nitrogens with zero attached hydrogens (tertiary/aromatic N) is 1. The minimum Gasteiger partial charge on any atom is -0.393 e. The van der Waals surface area contributed by atoms with E-state index in [9.17, 15) is 19.5 Å². The first-order valence-electron chi connectivity index (χ1n) is 8.67. The highest BCUT2D eigenvalue weighted by molar-refractivity contribution is 5.93. The third-order valence-electron chi connectivity index (χ3n) is 4.94. The summed E-state index contributed by atoms with van der Waals surface area (Å²) in [7, 11) is 0. The molecule has 3 aromatic rings. The van der Waals surface area contributed by atoms with E-state index in [0.717, 1.165) is 22.7 Å². The molecule has 1 aromatic carbocycles. The maximum atomic E-state index is 12.6. The summed E-state index contributed by atoms with van der Waals surface area (Å²) in [5, 5.41) is 13.5. The van der Waals surface area contributed by atoms with Crippen LogP contribution in [0.5, 0.6) is 0 Å². The van der Waals surface area contributed by atoms with Gasteiger partial charge in [-0.25, -0.2) is 4.79 Å². The number of aliphatic hydroxyl groups is 1. The van der Waals surface area contributed by atoms with Crippen LogP contribution in [-0.4, -0.2) is 32.1 Å². The molecule has 4 rings (SSSR count). The molecule has 4 N–H and O–H groups in total. The third kappa shape index (κ3) is 3.39. The normalized spacial score (nSPS) is 20.0. The molecule has 0 radical (unpaired) electrons. The van der Waals surface area contributed by atoms with Crippen molar-refractivity contribution in [2.24, 2.45) is 5.92 Å². The first kappa shape index (κ1) is 17.2. The van der Waals surface area contributed by atoms with E-state index in [2.05, 4.69) is 15.3 Å². The van der Waals surface area contributed by atoms with E-state index in [4.69, 9.17) is 0 Å². The van der Waals surface area contributed by atoms with Crippen LogP contribution in [0.4, 0.5) is 0 Å². The number of pyridine rings is 1. The fourth-order valence-electron chi connectivity index (χ4n) is 3.43. The highest BCUT2D eigenvalue weighted by Crippen LogP contribution is 2.38. The van der Waals surface area contributed by atoms with Gasteiger partial charge in [-0.1, -0.05) is 18.2 Å². The number of amides is 1. The number of H-pyrrole nitrogens is 2. The molecule has 1 fully saturated rings. The Hall–Kier alpha value is -3.26. The number of hydrogen-bond donors (Lipinski definition) is 4. The SMILES string of the molecule is O=C(NC(c1cnc2ccccc2c1)C1CC(O)C1)c1c[nH]c(=O)[nH]c1=O. The lowest BCUT2D eigenvalue weighted by atomic mass is 9.75. The first-order chi connectivity index (χ1) is 13.0.